The normalized spacial score (nSPS) is 10.8. The van der Waals surface area contributed by atoms with Gasteiger partial charge in [-0.3, -0.25) is 14.3 Å². The maximum atomic E-state index is 12.1. The van der Waals surface area contributed by atoms with Gasteiger partial charge in [0, 0.05) is 47.4 Å². The third kappa shape index (κ3) is 5.75. The molecule has 2 heterocycles. The van der Waals surface area contributed by atoms with Gasteiger partial charge in [0.1, 0.15) is 0 Å². The van der Waals surface area contributed by atoms with E-state index >= 15 is 0 Å². The van der Waals surface area contributed by atoms with E-state index in [0.29, 0.717) is 18.0 Å². The summed E-state index contributed by atoms with van der Waals surface area (Å²) in [6, 6.07) is 21.4. The average Bonchev–Trinajstić information content (AvgIpc) is 3.26. The van der Waals surface area contributed by atoms with Crippen LogP contribution in [0.1, 0.15) is 18.4 Å². The Morgan fingerprint density at radius 1 is 1.00 bits per heavy atom. The zero-order chi connectivity index (χ0) is 22.2. The maximum Gasteiger partial charge on any atom is 0.220 e. The van der Waals surface area contributed by atoms with Crippen molar-refractivity contribution in [2.24, 2.45) is 0 Å². The first-order chi connectivity index (χ1) is 15.7. The first-order valence-electron chi connectivity index (χ1n) is 10.3. The molecule has 32 heavy (non-hydrogen) atoms. The number of pyridine rings is 1. The van der Waals surface area contributed by atoms with Crippen LogP contribution in [0.4, 0.5) is 0 Å². The number of benzene rings is 2. The van der Waals surface area contributed by atoms with Gasteiger partial charge in [0.15, 0.2) is 11.0 Å². The van der Waals surface area contributed by atoms with Gasteiger partial charge in [-0.05, 0) is 54.4 Å². The zero-order valence-electron chi connectivity index (χ0n) is 17.3. The molecule has 2 aromatic carbocycles. The third-order valence-electron chi connectivity index (χ3n) is 4.74. The summed E-state index contributed by atoms with van der Waals surface area (Å²) in [4.78, 5) is 16.2. The lowest BCUT2D eigenvalue weighted by atomic mass is 10.2. The van der Waals surface area contributed by atoms with Gasteiger partial charge in [-0.25, -0.2) is 0 Å². The van der Waals surface area contributed by atoms with Crippen molar-refractivity contribution in [3.8, 4) is 17.1 Å². The molecule has 0 radical (unpaired) electrons. The number of carbonyl (C=O) groups excluding carboxylic acids is 1. The number of rotatable bonds is 9. The molecular formula is C24H22ClN5OS. The molecule has 0 unspecified atom stereocenters. The average molecular weight is 464 g/mol. The van der Waals surface area contributed by atoms with Gasteiger partial charge < -0.3 is 5.32 Å². The fourth-order valence-electron chi connectivity index (χ4n) is 3.15. The highest BCUT2D eigenvalue weighted by Gasteiger charge is 2.16. The molecule has 1 N–H and O–H groups in total. The molecule has 8 heteroatoms. The second kappa shape index (κ2) is 10.9. The lowest BCUT2D eigenvalue weighted by molar-refractivity contribution is -0.121. The Bertz CT molecular complexity index is 1150. The van der Waals surface area contributed by atoms with Crippen LogP contribution in [0.25, 0.3) is 17.1 Å². The first kappa shape index (κ1) is 22.0. The Morgan fingerprint density at radius 3 is 2.56 bits per heavy atom. The van der Waals surface area contributed by atoms with Crippen molar-refractivity contribution in [2.45, 2.75) is 24.5 Å². The fourth-order valence-corrected chi connectivity index (χ4v) is 4.16. The van der Waals surface area contributed by atoms with Crippen LogP contribution >= 0.6 is 23.4 Å². The van der Waals surface area contributed by atoms with Gasteiger partial charge in [0.2, 0.25) is 5.91 Å². The summed E-state index contributed by atoms with van der Waals surface area (Å²) in [6.07, 6.45) is 4.66. The standard InChI is InChI=1S/C24H22ClN5OS/c25-20-12-10-19(11-13-20)23-28-29-24(30(23)21-7-2-1-3-8-21)32-15-5-9-22(31)27-17-18-6-4-14-26-16-18/h1-4,6-8,10-14,16H,5,9,15,17H2,(H,27,31). The molecule has 0 spiro atoms. The minimum absolute atomic E-state index is 0.0285. The summed E-state index contributed by atoms with van der Waals surface area (Å²) in [7, 11) is 0. The van der Waals surface area contributed by atoms with Crippen LogP contribution in [0.3, 0.4) is 0 Å². The van der Waals surface area contributed by atoms with Crippen molar-refractivity contribution in [2.75, 3.05) is 5.75 Å². The predicted molar refractivity (Wildman–Crippen MR) is 128 cm³/mol. The lowest BCUT2D eigenvalue weighted by Gasteiger charge is -2.10. The SMILES string of the molecule is O=C(CCCSc1nnc(-c2ccc(Cl)cc2)n1-c1ccccc1)NCc1cccnc1. The molecule has 0 aliphatic carbocycles. The van der Waals surface area contributed by atoms with Crippen LogP contribution in [-0.2, 0) is 11.3 Å². The molecule has 1 amide bonds. The number of hydrogen-bond acceptors (Lipinski definition) is 5. The minimum Gasteiger partial charge on any atom is -0.352 e. The molecule has 0 fully saturated rings. The Morgan fingerprint density at radius 2 is 1.81 bits per heavy atom. The number of carbonyl (C=O) groups is 1. The van der Waals surface area contributed by atoms with Crippen molar-refractivity contribution >= 4 is 29.3 Å². The molecule has 0 saturated heterocycles. The number of aromatic nitrogens is 4. The van der Waals surface area contributed by atoms with Gasteiger partial charge >= 0.3 is 0 Å². The Labute approximate surface area is 196 Å². The topological polar surface area (TPSA) is 72.7 Å². The van der Waals surface area contributed by atoms with Crippen molar-refractivity contribution in [3.05, 3.63) is 89.7 Å². The van der Waals surface area contributed by atoms with Gasteiger partial charge in [-0.2, -0.15) is 0 Å². The Balaban J connectivity index is 1.39. The largest absolute Gasteiger partial charge is 0.352 e. The summed E-state index contributed by atoms with van der Waals surface area (Å²) in [5.41, 5.74) is 2.91. The highest BCUT2D eigenvalue weighted by molar-refractivity contribution is 7.99. The quantitative estimate of drug-likeness (QED) is 0.274. The predicted octanol–water partition coefficient (Wildman–Crippen LogP) is 5.17. The van der Waals surface area contributed by atoms with E-state index in [2.05, 4.69) is 20.5 Å². The van der Waals surface area contributed by atoms with E-state index in [1.165, 1.54) is 0 Å². The van der Waals surface area contributed by atoms with Crippen molar-refractivity contribution < 1.29 is 4.79 Å². The Kier molecular flexibility index (Phi) is 7.53. The highest BCUT2D eigenvalue weighted by Crippen LogP contribution is 2.29. The number of nitrogens with zero attached hydrogens (tertiary/aromatic N) is 4. The molecule has 6 nitrogen and oxygen atoms in total. The number of para-hydroxylation sites is 1. The number of thioether (sulfide) groups is 1. The van der Waals surface area contributed by atoms with Gasteiger partial charge in [0.05, 0.1) is 0 Å². The second-order valence-corrected chi connectivity index (χ2v) is 8.57. The minimum atomic E-state index is 0.0285. The van der Waals surface area contributed by atoms with E-state index in [9.17, 15) is 4.79 Å². The van der Waals surface area contributed by atoms with E-state index in [1.54, 1.807) is 24.2 Å². The number of nitrogens with one attached hydrogen (secondary N) is 1. The van der Waals surface area contributed by atoms with Crippen LogP contribution in [0.2, 0.25) is 5.02 Å². The van der Waals surface area contributed by atoms with Crippen molar-refractivity contribution in [1.29, 1.82) is 0 Å². The van der Waals surface area contributed by atoms with Crippen LogP contribution in [-0.4, -0.2) is 31.4 Å². The zero-order valence-corrected chi connectivity index (χ0v) is 18.9. The number of halogens is 1. The molecule has 0 aliphatic rings. The van der Waals surface area contributed by atoms with Crippen LogP contribution < -0.4 is 5.32 Å². The second-order valence-electron chi connectivity index (χ2n) is 7.07. The molecule has 0 bridgehead atoms. The highest BCUT2D eigenvalue weighted by atomic mass is 35.5. The van der Waals surface area contributed by atoms with Crippen molar-refractivity contribution in [1.82, 2.24) is 25.1 Å². The fraction of sp³-hybridized carbons (Fsp3) is 0.167. The van der Waals surface area contributed by atoms with Crippen LogP contribution in [0.15, 0.2) is 84.3 Å². The molecule has 0 atom stereocenters. The van der Waals surface area contributed by atoms with E-state index < -0.39 is 0 Å². The molecule has 0 aliphatic heterocycles. The summed E-state index contributed by atoms with van der Waals surface area (Å²) in [5, 5.41) is 13.3. The molecule has 0 saturated carbocycles. The van der Waals surface area contributed by atoms with Crippen molar-refractivity contribution in [3.63, 3.8) is 0 Å². The molecule has 4 aromatic rings. The third-order valence-corrected chi connectivity index (χ3v) is 6.01. The summed E-state index contributed by atoms with van der Waals surface area (Å²) < 4.78 is 2.04. The van der Waals surface area contributed by atoms with Gasteiger partial charge in [0.25, 0.3) is 0 Å². The smallest absolute Gasteiger partial charge is 0.220 e. The molecular weight excluding hydrogens is 442 g/mol. The summed E-state index contributed by atoms with van der Waals surface area (Å²) >= 11 is 7.64. The number of amides is 1. The summed E-state index contributed by atoms with van der Waals surface area (Å²) in [5.74, 6) is 1.54. The van der Waals surface area contributed by atoms with E-state index in [1.807, 2.05) is 71.3 Å². The lowest BCUT2D eigenvalue weighted by Crippen LogP contribution is -2.22. The first-order valence-corrected chi connectivity index (χ1v) is 11.6. The molecule has 2 aromatic heterocycles. The van der Waals surface area contributed by atoms with Gasteiger partial charge in [-0.1, -0.05) is 47.6 Å². The van der Waals surface area contributed by atoms with E-state index in [4.69, 9.17) is 11.6 Å². The molecule has 162 valence electrons. The van der Waals surface area contributed by atoms with E-state index in [-0.39, 0.29) is 5.91 Å². The van der Waals surface area contributed by atoms with Crippen LogP contribution in [0.5, 0.6) is 0 Å². The van der Waals surface area contributed by atoms with Crippen LogP contribution in [0, 0.1) is 0 Å². The maximum absolute atomic E-state index is 12.1. The Hall–Kier alpha value is -3.16. The van der Waals surface area contributed by atoms with Gasteiger partial charge in [-0.15, -0.1) is 10.2 Å². The molecule has 4 rings (SSSR count). The monoisotopic (exact) mass is 463 g/mol. The number of hydrogen-bond donors (Lipinski definition) is 1. The summed E-state index contributed by atoms with van der Waals surface area (Å²) in [6.45, 7) is 0.493. The van der Waals surface area contributed by atoms with E-state index in [0.717, 1.165) is 40.0 Å².